The summed E-state index contributed by atoms with van der Waals surface area (Å²) in [5.74, 6) is 0. The van der Waals surface area contributed by atoms with Crippen molar-refractivity contribution in [3.8, 4) is 0 Å². The average molecular weight is 235 g/mol. The monoisotopic (exact) mass is 235 g/mol. The second-order valence-electron chi connectivity index (χ2n) is 4.53. The van der Waals surface area contributed by atoms with Gasteiger partial charge in [0.05, 0.1) is 0 Å². The zero-order valence-electron chi connectivity index (χ0n) is 10.1. The van der Waals surface area contributed by atoms with Crippen LogP contribution in [0.4, 0.5) is 4.79 Å². The molecular weight excluding hydrogens is 214 g/mol. The molecule has 2 atom stereocenters. The smallest absolute Gasteiger partial charge is 0.407 e. The molecule has 0 spiro atoms. The third-order valence-electron chi connectivity index (χ3n) is 1.79. The van der Waals surface area contributed by atoms with Crippen LogP contribution in [0, 0.1) is 0 Å². The summed E-state index contributed by atoms with van der Waals surface area (Å²) in [7, 11) is -0.836. The molecule has 0 saturated carbocycles. The molecule has 0 aromatic heterocycles. The van der Waals surface area contributed by atoms with Crippen molar-refractivity contribution in [2.45, 2.75) is 45.0 Å². The largest absolute Gasteiger partial charge is 0.444 e. The van der Waals surface area contributed by atoms with Gasteiger partial charge >= 0.3 is 6.09 Å². The summed E-state index contributed by atoms with van der Waals surface area (Å²) in [5, 5.41) is 2.73. The first-order chi connectivity index (χ1) is 6.72. The maximum atomic E-state index is 11.2. The first-order valence-corrected chi connectivity index (χ1v) is 6.63. The molecule has 0 aliphatic carbocycles. The van der Waals surface area contributed by atoms with Crippen molar-refractivity contribution in [3.63, 3.8) is 0 Å². The number of hydrogen-bond donors (Lipinski definition) is 1. The predicted molar refractivity (Wildman–Crippen MR) is 62.4 cm³/mol. The van der Waals surface area contributed by atoms with Gasteiger partial charge in [-0.05, 0) is 27.2 Å². The number of alkyl carbamates (subject to hydrolysis) is 1. The Kier molecular flexibility index (Phi) is 5.87. The Labute approximate surface area is 94.2 Å². The van der Waals surface area contributed by atoms with Crippen molar-refractivity contribution in [2.75, 3.05) is 12.8 Å². The van der Waals surface area contributed by atoms with Crippen LogP contribution in [-0.4, -0.2) is 34.0 Å². The van der Waals surface area contributed by atoms with Crippen LogP contribution in [-0.2, 0) is 15.5 Å². The SMILES string of the molecule is CC(CCNC(=O)OC(C)(C)C)S(C)=O. The number of hydrogen-bond acceptors (Lipinski definition) is 3. The van der Waals surface area contributed by atoms with Crippen molar-refractivity contribution in [1.29, 1.82) is 0 Å². The molecule has 0 fully saturated rings. The molecule has 90 valence electrons. The van der Waals surface area contributed by atoms with E-state index < -0.39 is 22.5 Å². The van der Waals surface area contributed by atoms with E-state index in [1.807, 2.05) is 27.7 Å². The molecule has 1 N–H and O–H groups in total. The van der Waals surface area contributed by atoms with Gasteiger partial charge in [-0.3, -0.25) is 4.21 Å². The second-order valence-corrected chi connectivity index (χ2v) is 6.33. The number of carbonyl (C=O) groups excluding carboxylic acids is 1. The van der Waals surface area contributed by atoms with Gasteiger partial charge in [-0.25, -0.2) is 4.79 Å². The first-order valence-electron chi connectivity index (χ1n) is 5.01. The van der Waals surface area contributed by atoms with E-state index in [2.05, 4.69) is 5.32 Å². The summed E-state index contributed by atoms with van der Waals surface area (Å²) >= 11 is 0. The number of amides is 1. The lowest BCUT2D eigenvalue weighted by Crippen LogP contribution is -2.34. The summed E-state index contributed by atoms with van der Waals surface area (Å²) < 4.78 is 16.1. The Morgan fingerprint density at radius 3 is 2.40 bits per heavy atom. The first kappa shape index (κ1) is 14.4. The molecule has 2 unspecified atom stereocenters. The van der Waals surface area contributed by atoms with Crippen LogP contribution in [0.15, 0.2) is 0 Å². The molecule has 0 aromatic rings. The normalized spacial score (nSPS) is 15.5. The molecule has 4 nitrogen and oxygen atoms in total. The van der Waals surface area contributed by atoms with Gasteiger partial charge in [0.15, 0.2) is 0 Å². The molecular formula is C10H21NO3S. The van der Waals surface area contributed by atoms with Crippen LogP contribution < -0.4 is 5.32 Å². The van der Waals surface area contributed by atoms with Crippen molar-refractivity contribution in [2.24, 2.45) is 0 Å². The van der Waals surface area contributed by atoms with Crippen molar-refractivity contribution < 1.29 is 13.7 Å². The lowest BCUT2D eigenvalue weighted by molar-refractivity contribution is 0.0527. The summed E-state index contributed by atoms with van der Waals surface area (Å²) in [6.45, 7) is 7.84. The molecule has 0 aliphatic rings. The van der Waals surface area contributed by atoms with Gasteiger partial charge in [0.2, 0.25) is 0 Å². The fourth-order valence-corrected chi connectivity index (χ4v) is 1.31. The molecule has 1 amide bonds. The van der Waals surface area contributed by atoms with E-state index in [9.17, 15) is 9.00 Å². The highest BCUT2D eigenvalue weighted by molar-refractivity contribution is 7.84. The molecule has 0 aliphatic heterocycles. The standard InChI is InChI=1S/C10H21NO3S/c1-8(15(5)13)6-7-11-9(12)14-10(2,3)4/h8H,6-7H2,1-5H3,(H,11,12). The van der Waals surface area contributed by atoms with E-state index in [0.29, 0.717) is 13.0 Å². The van der Waals surface area contributed by atoms with Crippen molar-refractivity contribution >= 4 is 16.9 Å². The van der Waals surface area contributed by atoms with Crippen LogP contribution in [0.25, 0.3) is 0 Å². The maximum absolute atomic E-state index is 11.2. The minimum absolute atomic E-state index is 0.0972. The highest BCUT2D eigenvalue weighted by Gasteiger charge is 2.15. The molecule has 0 radical (unpaired) electrons. The molecule has 0 bridgehead atoms. The Bertz CT molecular complexity index is 235. The van der Waals surface area contributed by atoms with Gasteiger partial charge in [0, 0.05) is 28.9 Å². The van der Waals surface area contributed by atoms with Gasteiger partial charge in [-0.1, -0.05) is 6.92 Å². The Hall–Kier alpha value is -0.580. The molecule has 5 heteroatoms. The Morgan fingerprint density at radius 2 is 2.00 bits per heavy atom. The van der Waals surface area contributed by atoms with Gasteiger partial charge < -0.3 is 10.1 Å². The highest BCUT2D eigenvalue weighted by Crippen LogP contribution is 2.06. The minimum atomic E-state index is -0.836. The van der Waals surface area contributed by atoms with E-state index in [1.54, 1.807) is 6.26 Å². The van der Waals surface area contributed by atoms with Gasteiger partial charge in [0.25, 0.3) is 0 Å². The third-order valence-corrected chi connectivity index (χ3v) is 3.15. The lowest BCUT2D eigenvalue weighted by Gasteiger charge is -2.20. The zero-order chi connectivity index (χ0) is 12.1. The topological polar surface area (TPSA) is 55.4 Å². The maximum Gasteiger partial charge on any atom is 0.407 e. The van der Waals surface area contributed by atoms with Crippen molar-refractivity contribution in [3.05, 3.63) is 0 Å². The fraction of sp³-hybridized carbons (Fsp3) is 0.900. The van der Waals surface area contributed by atoms with E-state index in [-0.39, 0.29) is 5.25 Å². The minimum Gasteiger partial charge on any atom is -0.444 e. The molecule has 0 aromatic carbocycles. The molecule has 0 heterocycles. The Morgan fingerprint density at radius 1 is 1.47 bits per heavy atom. The van der Waals surface area contributed by atoms with E-state index in [4.69, 9.17) is 4.74 Å². The zero-order valence-corrected chi connectivity index (χ0v) is 10.9. The quantitative estimate of drug-likeness (QED) is 0.806. The summed E-state index contributed by atoms with van der Waals surface area (Å²) in [6.07, 6.45) is 1.94. The average Bonchev–Trinajstić information content (AvgIpc) is 2.00. The van der Waals surface area contributed by atoms with Crippen LogP contribution in [0.5, 0.6) is 0 Å². The van der Waals surface area contributed by atoms with E-state index >= 15 is 0 Å². The highest BCUT2D eigenvalue weighted by atomic mass is 32.2. The number of nitrogens with one attached hydrogen (secondary N) is 1. The summed E-state index contributed by atoms with van der Waals surface area (Å²) in [4.78, 5) is 11.2. The van der Waals surface area contributed by atoms with Crippen LogP contribution in [0.2, 0.25) is 0 Å². The lowest BCUT2D eigenvalue weighted by atomic mass is 10.2. The van der Waals surface area contributed by atoms with Gasteiger partial charge in [0.1, 0.15) is 5.60 Å². The van der Waals surface area contributed by atoms with Crippen molar-refractivity contribution in [1.82, 2.24) is 5.32 Å². The summed E-state index contributed by atoms with van der Waals surface area (Å²) in [5.41, 5.74) is -0.469. The summed E-state index contributed by atoms with van der Waals surface area (Å²) in [6, 6.07) is 0. The Balaban J connectivity index is 3.69. The number of carbonyl (C=O) groups is 1. The molecule has 0 rings (SSSR count). The molecule has 0 saturated heterocycles. The predicted octanol–water partition coefficient (Wildman–Crippen LogP) is 1.67. The number of rotatable bonds is 4. The third kappa shape index (κ3) is 8.42. The number of ether oxygens (including phenoxy) is 1. The van der Waals surface area contributed by atoms with Crippen LogP contribution >= 0.6 is 0 Å². The van der Waals surface area contributed by atoms with Gasteiger partial charge in [-0.15, -0.1) is 0 Å². The second kappa shape index (κ2) is 6.10. The van der Waals surface area contributed by atoms with Crippen LogP contribution in [0.3, 0.4) is 0 Å². The van der Waals surface area contributed by atoms with E-state index in [1.165, 1.54) is 0 Å². The van der Waals surface area contributed by atoms with Gasteiger partial charge in [-0.2, -0.15) is 0 Å². The van der Waals surface area contributed by atoms with E-state index in [0.717, 1.165) is 0 Å². The van der Waals surface area contributed by atoms with Crippen LogP contribution in [0.1, 0.15) is 34.1 Å². The molecule has 15 heavy (non-hydrogen) atoms. The fourth-order valence-electron chi connectivity index (χ4n) is 0.858.